The first-order valence-corrected chi connectivity index (χ1v) is 7.82. The fourth-order valence-electron chi connectivity index (χ4n) is 3.52. The van der Waals surface area contributed by atoms with Gasteiger partial charge in [-0.3, -0.25) is 0 Å². The van der Waals surface area contributed by atoms with Gasteiger partial charge in [0.2, 0.25) is 0 Å². The van der Waals surface area contributed by atoms with Gasteiger partial charge in [-0.2, -0.15) is 0 Å². The van der Waals surface area contributed by atoms with Gasteiger partial charge in [0.1, 0.15) is 0 Å². The minimum atomic E-state index is 0. The monoisotopic (exact) mass is 363 g/mol. The van der Waals surface area contributed by atoms with E-state index in [1.807, 2.05) is 0 Å². The van der Waals surface area contributed by atoms with Crippen molar-refractivity contribution in [3.8, 4) is 11.3 Å². The van der Waals surface area contributed by atoms with E-state index in [0.29, 0.717) is 6.04 Å². The van der Waals surface area contributed by atoms with Crippen LogP contribution in [0.3, 0.4) is 0 Å². The molecule has 5 rings (SSSR count). The van der Waals surface area contributed by atoms with Crippen molar-refractivity contribution in [1.29, 1.82) is 0 Å². The van der Waals surface area contributed by atoms with Gasteiger partial charge in [-0.15, -0.1) is 17.0 Å². The predicted octanol–water partition coefficient (Wildman–Crippen LogP) is 3.51. The quantitative estimate of drug-likeness (QED) is 0.817. The Kier molecular flexibility index (Phi) is 4.54. The predicted molar refractivity (Wildman–Crippen MR) is 93.8 cm³/mol. The molecule has 4 nitrogen and oxygen atoms in total. The van der Waals surface area contributed by atoms with Crippen molar-refractivity contribution in [2.75, 3.05) is 31.1 Å². The Hall–Kier alpha value is -1.33. The topological polar surface area (TPSA) is 32.5 Å². The number of halogens is 1. The first kappa shape index (κ1) is 15.6. The summed E-state index contributed by atoms with van der Waals surface area (Å²) in [5.41, 5.74) is 2.35. The van der Waals surface area contributed by atoms with Crippen LogP contribution in [0.5, 0.6) is 0 Å². The van der Waals surface area contributed by atoms with Crippen molar-refractivity contribution in [3.05, 3.63) is 35.9 Å². The Balaban J connectivity index is 0.00000144. The van der Waals surface area contributed by atoms with E-state index in [1.165, 1.54) is 31.5 Å². The summed E-state index contributed by atoms with van der Waals surface area (Å²) >= 11 is 0. The van der Waals surface area contributed by atoms with Gasteiger partial charge < -0.3 is 14.3 Å². The van der Waals surface area contributed by atoms with Gasteiger partial charge in [0.15, 0.2) is 11.6 Å². The highest BCUT2D eigenvalue weighted by Gasteiger charge is 2.30. The van der Waals surface area contributed by atoms with Gasteiger partial charge >= 0.3 is 0 Å². The summed E-state index contributed by atoms with van der Waals surface area (Å²) < 4.78 is 5.60. The molecule has 3 aliphatic heterocycles. The summed E-state index contributed by atoms with van der Waals surface area (Å²) in [6, 6.07) is 11.1. The van der Waals surface area contributed by atoms with Crippen LogP contribution in [0.15, 0.2) is 34.9 Å². The molecule has 4 heterocycles. The average Bonchev–Trinajstić information content (AvgIpc) is 2.80. The Bertz CT molecular complexity index is 634. The van der Waals surface area contributed by atoms with E-state index >= 15 is 0 Å². The molecule has 2 bridgehead atoms. The normalized spacial score (nSPS) is 24.0. The summed E-state index contributed by atoms with van der Waals surface area (Å²) in [6.45, 7) is 6.75. The van der Waals surface area contributed by atoms with Crippen LogP contribution in [0.25, 0.3) is 11.3 Å². The SMILES string of the molecule is Br.Cc1cccc(-c2cc(N3CCN4CCC3CC4)no2)c1. The fraction of sp³-hybridized carbons (Fsp3) is 0.471. The molecule has 0 spiro atoms. The molecule has 1 aromatic heterocycles. The van der Waals surface area contributed by atoms with E-state index in [9.17, 15) is 0 Å². The van der Waals surface area contributed by atoms with Crippen LogP contribution in [0.2, 0.25) is 0 Å². The average molecular weight is 364 g/mol. The van der Waals surface area contributed by atoms with Crippen LogP contribution in [-0.2, 0) is 0 Å². The fourth-order valence-corrected chi connectivity index (χ4v) is 3.52. The molecular formula is C17H22BrN3O. The maximum atomic E-state index is 5.60. The number of aromatic nitrogens is 1. The first-order valence-electron chi connectivity index (χ1n) is 7.82. The lowest BCUT2D eigenvalue weighted by Gasteiger charge is -2.30. The van der Waals surface area contributed by atoms with Crippen LogP contribution in [0, 0.1) is 6.92 Å². The zero-order valence-electron chi connectivity index (χ0n) is 12.9. The molecule has 22 heavy (non-hydrogen) atoms. The molecule has 0 radical (unpaired) electrons. The standard InChI is InChI=1S/C17H21N3O.BrH/c1-13-3-2-4-14(11-13)16-12-17(18-21-16)20-10-9-19-7-5-15(20)6-8-19;/h2-4,11-12,15H,5-10H2,1H3;1H. The summed E-state index contributed by atoms with van der Waals surface area (Å²) in [7, 11) is 0. The van der Waals surface area contributed by atoms with Crippen molar-refractivity contribution in [3.63, 3.8) is 0 Å². The van der Waals surface area contributed by atoms with Crippen molar-refractivity contribution in [1.82, 2.24) is 10.1 Å². The van der Waals surface area contributed by atoms with Gasteiger partial charge in [0.25, 0.3) is 0 Å². The van der Waals surface area contributed by atoms with Gasteiger partial charge in [0.05, 0.1) is 0 Å². The van der Waals surface area contributed by atoms with Crippen molar-refractivity contribution < 1.29 is 4.52 Å². The van der Waals surface area contributed by atoms with Crippen LogP contribution in [0.4, 0.5) is 5.82 Å². The van der Waals surface area contributed by atoms with E-state index in [-0.39, 0.29) is 17.0 Å². The molecular weight excluding hydrogens is 342 g/mol. The van der Waals surface area contributed by atoms with E-state index in [2.05, 4.69) is 52.2 Å². The Morgan fingerprint density at radius 2 is 1.91 bits per heavy atom. The van der Waals surface area contributed by atoms with E-state index in [4.69, 9.17) is 4.52 Å². The highest BCUT2D eigenvalue weighted by molar-refractivity contribution is 8.93. The zero-order chi connectivity index (χ0) is 14.2. The molecule has 2 aromatic rings. The highest BCUT2D eigenvalue weighted by atomic mass is 79.9. The van der Waals surface area contributed by atoms with Crippen molar-refractivity contribution in [2.45, 2.75) is 25.8 Å². The third-order valence-corrected chi connectivity index (χ3v) is 4.75. The molecule has 3 saturated heterocycles. The summed E-state index contributed by atoms with van der Waals surface area (Å²) in [6.07, 6.45) is 2.49. The molecule has 3 fully saturated rings. The van der Waals surface area contributed by atoms with Crippen molar-refractivity contribution >= 4 is 22.8 Å². The Morgan fingerprint density at radius 3 is 2.68 bits per heavy atom. The lowest BCUT2D eigenvalue weighted by atomic mass is 10.1. The van der Waals surface area contributed by atoms with Crippen LogP contribution in [-0.4, -0.2) is 42.3 Å². The number of piperidine rings is 1. The smallest absolute Gasteiger partial charge is 0.172 e. The molecule has 0 unspecified atom stereocenters. The van der Waals surface area contributed by atoms with Gasteiger partial charge in [0, 0.05) is 43.9 Å². The summed E-state index contributed by atoms with van der Waals surface area (Å²) in [4.78, 5) is 4.99. The molecule has 5 heteroatoms. The Labute approximate surface area is 141 Å². The van der Waals surface area contributed by atoms with E-state index in [1.54, 1.807) is 0 Å². The number of hydrogen-bond acceptors (Lipinski definition) is 4. The Morgan fingerprint density at radius 1 is 1.09 bits per heavy atom. The number of hydrogen-bond donors (Lipinski definition) is 0. The number of anilines is 1. The minimum absolute atomic E-state index is 0. The van der Waals surface area contributed by atoms with Gasteiger partial charge in [-0.05, 0) is 25.8 Å². The first-order chi connectivity index (χ1) is 10.3. The second-order valence-corrected chi connectivity index (χ2v) is 6.19. The number of rotatable bonds is 2. The minimum Gasteiger partial charge on any atom is -0.354 e. The molecule has 3 aliphatic rings. The summed E-state index contributed by atoms with van der Waals surface area (Å²) in [5, 5.41) is 4.34. The second-order valence-electron chi connectivity index (χ2n) is 6.19. The molecule has 0 saturated carbocycles. The van der Waals surface area contributed by atoms with E-state index in [0.717, 1.165) is 30.2 Å². The highest BCUT2D eigenvalue weighted by Crippen LogP contribution is 2.29. The molecule has 0 N–H and O–H groups in total. The molecule has 0 atom stereocenters. The lowest BCUT2D eigenvalue weighted by molar-refractivity contribution is 0.250. The molecule has 118 valence electrons. The maximum Gasteiger partial charge on any atom is 0.172 e. The largest absolute Gasteiger partial charge is 0.354 e. The summed E-state index contributed by atoms with van der Waals surface area (Å²) in [5.74, 6) is 1.87. The number of benzene rings is 1. The third-order valence-electron chi connectivity index (χ3n) is 4.75. The van der Waals surface area contributed by atoms with Crippen molar-refractivity contribution in [2.24, 2.45) is 0 Å². The van der Waals surface area contributed by atoms with Crippen LogP contribution < -0.4 is 4.90 Å². The molecule has 0 aliphatic carbocycles. The number of fused-ring (bicyclic) bond motifs is 4. The van der Waals surface area contributed by atoms with Crippen LogP contribution >= 0.6 is 17.0 Å². The molecule has 0 amide bonds. The number of aryl methyl sites for hydroxylation is 1. The lowest BCUT2D eigenvalue weighted by Crippen LogP contribution is -2.38. The van der Waals surface area contributed by atoms with E-state index < -0.39 is 0 Å². The number of nitrogens with zero attached hydrogens (tertiary/aromatic N) is 3. The maximum absolute atomic E-state index is 5.60. The second kappa shape index (κ2) is 6.42. The molecule has 1 aromatic carbocycles. The van der Waals surface area contributed by atoms with Crippen LogP contribution in [0.1, 0.15) is 18.4 Å². The zero-order valence-corrected chi connectivity index (χ0v) is 14.6. The van der Waals surface area contributed by atoms with Gasteiger partial charge in [-0.1, -0.05) is 28.9 Å². The third kappa shape index (κ3) is 2.92. The van der Waals surface area contributed by atoms with Gasteiger partial charge in [-0.25, -0.2) is 0 Å².